The molecule has 11 heavy (non-hydrogen) atoms. The lowest BCUT2D eigenvalue weighted by Gasteiger charge is -2.20. The van der Waals surface area contributed by atoms with Gasteiger partial charge in [0.1, 0.15) is 0 Å². The van der Waals surface area contributed by atoms with Crippen molar-refractivity contribution in [1.29, 1.82) is 0 Å². The van der Waals surface area contributed by atoms with E-state index in [4.69, 9.17) is 11.1 Å². The fourth-order valence-electron chi connectivity index (χ4n) is 0.699. The van der Waals surface area contributed by atoms with Crippen molar-refractivity contribution in [3.63, 3.8) is 0 Å². The highest BCUT2D eigenvalue weighted by molar-refractivity contribution is 7.19. The maximum absolute atomic E-state index is 10.9. The molecule has 0 saturated heterocycles. The summed E-state index contributed by atoms with van der Waals surface area (Å²) < 4.78 is 0. The maximum Gasteiger partial charge on any atom is 0.255 e. The third-order valence-corrected chi connectivity index (χ3v) is 6.48. The zero-order valence-corrected chi connectivity index (χ0v) is 8.74. The van der Waals surface area contributed by atoms with Crippen LogP contribution >= 0.6 is 11.1 Å². The van der Waals surface area contributed by atoms with Crippen molar-refractivity contribution < 1.29 is 4.79 Å². The number of carbonyl (C=O) groups is 1. The summed E-state index contributed by atoms with van der Waals surface area (Å²) in [6, 6.07) is 1.70. The minimum absolute atomic E-state index is 0.157. The molecular formula is C7H14ClNOSi. The van der Waals surface area contributed by atoms with Gasteiger partial charge in [0.05, 0.1) is 0 Å². The Morgan fingerprint density at radius 2 is 2.09 bits per heavy atom. The van der Waals surface area contributed by atoms with E-state index in [9.17, 15) is 4.79 Å². The van der Waals surface area contributed by atoms with Gasteiger partial charge in [-0.15, -0.1) is 11.1 Å². The number of rotatable bonds is 4. The van der Waals surface area contributed by atoms with E-state index < -0.39 is 7.55 Å². The summed E-state index contributed by atoms with van der Waals surface area (Å²) in [5.74, 6) is -0.157. The van der Waals surface area contributed by atoms with Gasteiger partial charge in [0.15, 0.2) is 0 Å². The Hall–Kier alpha value is -0.283. The second-order valence-corrected chi connectivity index (χ2v) is 8.13. The fraction of sp³-hybridized carbons (Fsp3) is 0.571. The second-order valence-electron chi connectivity index (χ2n) is 2.37. The summed E-state index contributed by atoms with van der Waals surface area (Å²) in [6.07, 6.45) is 1.26. The van der Waals surface area contributed by atoms with Crippen molar-refractivity contribution in [2.45, 2.75) is 25.9 Å². The molecule has 0 aromatic carbocycles. The molecule has 0 aromatic rings. The summed E-state index contributed by atoms with van der Waals surface area (Å²) in [5.41, 5.74) is 0. The minimum atomic E-state index is -1.98. The molecule has 0 aliphatic carbocycles. The average Bonchev–Trinajstić information content (AvgIpc) is 2.04. The van der Waals surface area contributed by atoms with Crippen molar-refractivity contribution in [3.8, 4) is 0 Å². The molecule has 1 amide bonds. The largest absolute Gasteiger partial charge is 0.366 e. The van der Waals surface area contributed by atoms with E-state index in [1.165, 1.54) is 6.08 Å². The molecule has 0 bridgehead atoms. The average molecular weight is 192 g/mol. The first-order valence-electron chi connectivity index (χ1n) is 3.71. The van der Waals surface area contributed by atoms with Crippen LogP contribution in [-0.2, 0) is 4.79 Å². The Balaban J connectivity index is 4.06. The minimum Gasteiger partial charge on any atom is -0.366 e. The Bertz CT molecular complexity index is 157. The van der Waals surface area contributed by atoms with Crippen molar-refractivity contribution in [1.82, 2.24) is 4.98 Å². The molecule has 0 radical (unpaired) electrons. The molecule has 0 spiro atoms. The lowest BCUT2D eigenvalue weighted by Crippen LogP contribution is -2.46. The van der Waals surface area contributed by atoms with Crippen molar-refractivity contribution in [2.24, 2.45) is 0 Å². The van der Waals surface area contributed by atoms with Gasteiger partial charge >= 0.3 is 0 Å². The van der Waals surface area contributed by atoms with Gasteiger partial charge in [0.25, 0.3) is 7.55 Å². The molecule has 0 saturated carbocycles. The Morgan fingerprint density at radius 3 is 2.36 bits per heavy atom. The molecule has 0 atom stereocenters. The van der Waals surface area contributed by atoms with Crippen LogP contribution in [0.25, 0.3) is 0 Å². The van der Waals surface area contributed by atoms with Gasteiger partial charge in [-0.1, -0.05) is 20.4 Å². The van der Waals surface area contributed by atoms with Gasteiger partial charge in [-0.25, -0.2) is 0 Å². The topological polar surface area (TPSA) is 29.1 Å². The Morgan fingerprint density at radius 1 is 1.64 bits per heavy atom. The highest BCUT2D eigenvalue weighted by Gasteiger charge is 2.27. The molecule has 0 aromatic heterocycles. The van der Waals surface area contributed by atoms with Crippen LogP contribution in [0.5, 0.6) is 0 Å². The fourth-order valence-corrected chi connectivity index (χ4v) is 2.38. The van der Waals surface area contributed by atoms with E-state index in [1.54, 1.807) is 0 Å². The highest BCUT2D eigenvalue weighted by Crippen LogP contribution is 2.15. The van der Waals surface area contributed by atoms with E-state index in [2.05, 4.69) is 11.6 Å². The van der Waals surface area contributed by atoms with Crippen LogP contribution < -0.4 is 4.98 Å². The predicted octanol–water partition coefficient (Wildman–Crippen LogP) is 2.01. The Kier molecular flexibility index (Phi) is 4.45. The zero-order chi connectivity index (χ0) is 8.91. The van der Waals surface area contributed by atoms with Crippen molar-refractivity contribution >= 4 is 24.5 Å². The molecule has 1 N–H and O–H groups in total. The molecule has 0 aliphatic heterocycles. The molecule has 0 aliphatic rings. The van der Waals surface area contributed by atoms with Crippen LogP contribution in [-0.4, -0.2) is 13.5 Å². The van der Waals surface area contributed by atoms with Crippen LogP contribution in [0, 0.1) is 0 Å². The summed E-state index contributed by atoms with van der Waals surface area (Å²) in [4.78, 5) is 13.7. The van der Waals surface area contributed by atoms with Gasteiger partial charge in [0, 0.05) is 0 Å². The Labute approximate surface area is 73.4 Å². The normalized spacial score (nSPS) is 10.8. The second kappa shape index (κ2) is 4.57. The van der Waals surface area contributed by atoms with E-state index in [1.807, 2.05) is 13.8 Å². The van der Waals surface area contributed by atoms with Gasteiger partial charge in [-0.2, -0.15) is 0 Å². The number of amides is 1. The van der Waals surface area contributed by atoms with Crippen LogP contribution in [0.4, 0.5) is 0 Å². The number of halogens is 1. The van der Waals surface area contributed by atoms with Gasteiger partial charge in [0.2, 0.25) is 5.91 Å². The van der Waals surface area contributed by atoms with Gasteiger partial charge in [-0.3, -0.25) is 4.79 Å². The molecule has 0 fully saturated rings. The summed E-state index contributed by atoms with van der Waals surface area (Å²) in [6.45, 7) is 7.35. The lowest BCUT2D eigenvalue weighted by atomic mass is 10.6. The summed E-state index contributed by atoms with van der Waals surface area (Å²) in [5, 5.41) is 0. The van der Waals surface area contributed by atoms with Crippen molar-refractivity contribution in [3.05, 3.63) is 12.7 Å². The predicted molar refractivity (Wildman–Crippen MR) is 50.9 cm³/mol. The molecule has 0 rings (SSSR count). The third kappa shape index (κ3) is 3.58. The van der Waals surface area contributed by atoms with E-state index in [-0.39, 0.29) is 5.91 Å². The molecule has 4 heteroatoms. The summed E-state index contributed by atoms with van der Waals surface area (Å²) in [7, 11) is -1.98. The molecule has 0 heterocycles. The van der Waals surface area contributed by atoms with Crippen LogP contribution in [0.15, 0.2) is 12.7 Å². The zero-order valence-electron chi connectivity index (χ0n) is 6.98. The van der Waals surface area contributed by atoms with Crippen LogP contribution in [0.3, 0.4) is 0 Å². The third-order valence-electron chi connectivity index (χ3n) is 1.65. The van der Waals surface area contributed by atoms with Crippen molar-refractivity contribution in [2.75, 3.05) is 0 Å². The maximum atomic E-state index is 10.9. The standard InChI is InChI=1S/C7H14ClNOSi/c1-4-7(10)9-11(8,5-2)6-3/h4H,1,5-6H2,2-3H3,(H,9,10). The van der Waals surface area contributed by atoms with Crippen LogP contribution in [0.2, 0.25) is 12.1 Å². The van der Waals surface area contributed by atoms with E-state index in [0.717, 1.165) is 12.1 Å². The molecule has 2 nitrogen and oxygen atoms in total. The first kappa shape index (κ1) is 10.7. The highest BCUT2D eigenvalue weighted by atomic mass is 35.6. The summed E-state index contributed by atoms with van der Waals surface area (Å²) >= 11 is 6.14. The first-order chi connectivity index (χ1) is 5.08. The SMILES string of the molecule is C=CC(=O)N[Si](Cl)(CC)CC. The smallest absolute Gasteiger partial charge is 0.255 e. The van der Waals surface area contributed by atoms with Gasteiger partial charge in [-0.05, 0) is 18.2 Å². The first-order valence-corrected chi connectivity index (χ1v) is 7.14. The quantitative estimate of drug-likeness (QED) is 0.411. The van der Waals surface area contributed by atoms with E-state index >= 15 is 0 Å². The molecule has 64 valence electrons. The molecular weight excluding hydrogens is 178 g/mol. The number of hydrogen-bond acceptors (Lipinski definition) is 1. The van der Waals surface area contributed by atoms with E-state index in [0.29, 0.717) is 0 Å². The lowest BCUT2D eigenvalue weighted by molar-refractivity contribution is -0.115. The molecule has 0 unspecified atom stereocenters. The number of carbonyl (C=O) groups excluding carboxylic acids is 1. The van der Waals surface area contributed by atoms with Gasteiger partial charge < -0.3 is 4.98 Å². The monoisotopic (exact) mass is 191 g/mol. The van der Waals surface area contributed by atoms with Crippen LogP contribution in [0.1, 0.15) is 13.8 Å². The number of nitrogens with one attached hydrogen (secondary N) is 1. The number of hydrogen-bond donors (Lipinski definition) is 1.